The van der Waals surface area contributed by atoms with Crippen molar-refractivity contribution in [2.24, 2.45) is 23.2 Å². The van der Waals surface area contributed by atoms with E-state index in [-0.39, 0.29) is 17.0 Å². The molecule has 1 aromatic heterocycles. The summed E-state index contributed by atoms with van der Waals surface area (Å²) in [5.74, 6) is 2.64. The molecule has 0 amide bonds. The van der Waals surface area contributed by atoms with Gasteiger partial charge in [0.25, 0.3) is 0 Å². The largest absolute Gasteiger partial charge is 0.426 e. The van der Waals surface area contributed by atoms with Crippen molar-refractivity contribution >= 4 is 16.9 Å². The summed E-state index contributed by atoms with van der Waals surface area (Å²) in [4.78, 5) is 24.5. The molecule has 0 saturated heterocycles. The zero-order valence-corrected chi connectivity index (χ0v) is 14.4. The van der Waals surface area contributed by atoms with Crippen molar-refractivity contribution in [2.75, 3.05) is 0 Å². The minimum Gasteiger partial charge on any atom is -0.426 e. The molecule has 0 radical (unpaired) electrons. The number of rotatable bonds is 2. The third-order valence-electron chi connectivity index (χ3n) is 6.60. The molecule has 0 aliphatic heterocycles. The fraction of sp³-hybridized carbons (Fsp3) is 0.524. The minimum atomic E-state index is -0.358. The highest BCUT2D eigenvalue weighted by molar-refractivity contribution is 5.84. The van der Waals surface area contributed by atoms with E-state index in [1.807, 2.05) is 13.0 Å². The van der Waals surface area contributed by atoms with Crippen LogP contribution in [0.5, 0.6) is 5.75 Å². The van der Waals surface area contributed by atoms with Crippen molar-refractivity contribution in [3.63, 3.8) is 0 Å². The van der Waals surface area contributed by atoms with Crippen LogP contribution >= 0.6 is 0 Å². The molecule has 4 heteroatoms. The number of ether oxygens (including phenoxy) is 1. The molecule has 0 unspecified atom stereocenters. The van der Waals surface area contributed by atoms with Gasteiger partial charge in [0.15, 0.2) is 0 Å². The number of fused-ring (bicyclic) bond motifs is 1. The molecule has 0 spiro atoms. The monoisotopic (exact) mass is 338 g/mol. The number of carbonyl (C=O) groups is 1. The highest BCUT2D eigenvalue weighted by Crippen LogP contribution is 2.60. The van der Waals surface area contributed by atoms with E-state index < -0.39 is 0 Å². The van der Waals surface area contributed by atoms with E-state index in [1.54, 1.807) is 12.1 Å². The quantitative estimate of drug-likeness (QED) is 0.467. The molecule has 2 aromatic rings. The first-order valence-electron chi connectivity index (χ1n) is 9.28. The van der Waals surface area contributed by atoms with Crippen LogP contribution in [0.4, 0.5) is 0 Å². The van der Waals surface area contributed by atoms with E-state index in [4.69, 9.17) is 9.15 Å². The summed E-state index contributed by atoms with van der Waals surface area (Å²) in [5, 5.41) is 0.815. The van der Waals surface area contributed by atoms with E-state index in [0.717, 1.165) is 30.2 Å². The van der Waals surface area contributed by atoms with Gasteiger partial charge in [-0.1, -0.05) is 0 Å². The van der Waals surface area contributed by atoms with Crippen molar-refractivity contribution in [3.8, 4) is 5.75 Å². The van der Waals surface area contributed by atoms with E-state index in [9.17, 15) is 9.59 Å². The number of carbonyl (C=O) groups excluding carboxylic acids is 1. The second-order valence-electron chi connectivity index (χ2n) is 8.49. The molecule has 4 fully saturated rings. The first-order valence-corrected chi connectivity index (χ1v) is 9.28. The van der Waals surface area contributed by atoms with Gasteiger partial charge in [-0.15, -0.1) is 0 Å². The minimum absolute atomic E-state index is 0.0546. The van der Waals surface area contributed by atoms with Crippen LogP contribution in [0.15, 0.2) is 33.5 Å². The van der Waals surface area contributed by atoms with Gasteiger partial charge in [0, 0.05) is 11.5 Å². The van der Waals surface area contributed by atoms with Gasteiger partial charge in [-0.2, -0.15) is 0 Å². The van der Waals surface area contributed by atoms with Gasteiger partial charge in [-0.3, -0.25) is 4.79 Å². The number of esters is 1. The van der Waals surface area contributed by atoms with Crippen LogP contribution in [0, 0.1) is 30.1 Å². The highest BCUT2D eigenvalue weighted by atomic mass is 16.5. The molecule has 4 aliphatic rings. The van der Waals surface area contributed by atoms with Crippen LogP contribution in [0.3, 0.4) is 0 Å². The topological polar surface area (TPSA) is 56.5 Å². The number of aryl methyl sites for hydroxylation is 1. The van der Waals surface area contributed by atoms with Crippen molar-refractivity contribution in [1.82, 2.24) is 0 Å². The molecule has 4 aliphatic carbocycles. The first kappa shape index (κ1) is 15.2. The molecule has 1 heterocycles. The molecule has 0 N–H and O–H groups in total. The Morgan fingerprint density at radius 2 is 1.72 bits per heavy atom. The summed E-state index contributed by atoms with van der Waals surface area (Å²) in [6, 6.07) is 6.72. The second kappa shape index (κ2) is 5.20. The third-order valence-corrected chi connectivity index (χ3v) is 6.60. The lowest BCUT2D eigenvalue weighted by Gasteiger charge is -2.55. The van der Waals surface area contributed by atoms with Gasteiger partial charge in [0.1, 0.15) is 11.3 Å². The molecule has 0 atom stereocenters. The predicted molar refractivity (Wildman–Crippen MR) is 93.5 cm³/mol. The number of hydrogen-bond donors (Lipinski definition) is 0. The van der Waals surface area contributed by atoms with Crippen LogP contribution in [0.2, 0.25) is 0 Å². The van der Waals surface area contributed by atoms with E-state index in [2.05, 4.69) is 0 Å². The average Bonchev–Trinajstić information content (AvgIpc) is 2.54. The Balaban J connectivity index is 1.44. The fourth-order valence-corrected chi connectivity index (χ4v) is 5.94. The van der Waals surface area contributed by atoms with Crippen molar-refractivity contribution < 1.29 is 13.9 Å². The van der Waals surface area contributed by atoms with Gasteiger partial charge < -0.3 is 9.15 Å². The molecular weight excluding hydrogens is 316 g/mol. The van der Waals surface area contributed by atoms with Crippen LogP contribution in [-0.4, -0.2) is 5.97 Å². The maximum atomic E-state index is 13.0. The maximum absolute atomic E-state index is 13.0. The van der Waals surface area contributed by atoms with E-state index >= 15 is 0 Å². The molecule has 25 heavy (non-hydrogen) atoms. The Bertz CT molecular complexity index is 888. The molecule has 1 aromatic carbocycles. The second-order valence-corrected chi connectivity index (χ2v) is 8.49. The lowest BCUT2D eigenvalue weighted by Crippen LogP contribution is -2.51. The summed E-state index contributed by atoms with van der Waals surface area (Å²) in [6.45, 7) is 1.87. The SMILES string of the molecule is Cc1cc(=O)oc2ccc(OC(=O)C34CC5CC(CC(C5)C3)C4)cc12. The van der Waals surface area contributed by atoms with Crippen molar-refractivity contribution in [2.45, 2.75) is 45.4 Å². The summed E-state index contributed by atoms with van der Waals surface area (Å²) < 4.78 is 11.0. The standard InChI is InChI=1S/C21H22O4/c1-12-4-19(22)25-18-3-2-16(8-17(12)18)24-20(23)21-9-13-5-14(10-21)7-15(6-13)11-21/h2-4,8,13-15H,5-7,9-11H2,1H3. The van der Waals surface area contributed by atoms with Crippen LogP contribution in [0.25, 0.3) is 11.0 Å². The van der Waals surface area contributed by atoms with Gasteiger partial charge in [0.2, 0.25) is 0 Å². The highest BCUT2D eigenvalue weighted by Gasteiger charge is 2.55. The smallest absolute Gasteiger partial charge is 0.336 e. The van der Waals surface area contributed by atoms with Gasteiger partial charge in [-0.25, -0.2) is 4.79 Å². The normalized spacial score (nSPS) is 32.9. The van der Waals surface area contributed by atoms with Gasteiger partial charge in [-0.05, 0) is 87.0 Å². The molecule has 4 bridgehead atoms. The summed E-state index contributed by atoms with van der Waals surface area (Å²) in [7, 11) is 0. The molecule has 130 valence electrons. The van der Waals surface area contributed by atoms with Crippen molar-refractivity contribution in [3.05, 3.63) is 40.2 Å². The molecule has 6 rings (SSSR count). The van der Waals surface area contributed by atoms with Crippen LogP contribution in [-0.2, 0) is 4.79 Å². The van der Waals surface area contributed by atoms with Gasteiger partial charge in [0.05, 0.1) is 5.41 Å². The summed E-state index contributed by atoms with van der Waals surface area (Å²) in [6.07, 6.45) is 6.92. The van der Waals surface area contributed by atoms with Crippen LogP contribution in [0.1, 0.15) is 44.1 Å². The fourth-order valence-electron chi connectivity index (χ4n) is 5.94. The zero-order valence-electron chi connectivity index (χ0n) is 14.4. The number of benzene rings is 1. The Kier molecular flexibility index (Phi) is 3.16. The van der Waals surface area contributed by atoms with Crippen LogP contribution < -0.4 is 10.4 Å². The summed E-state index contributed by atoms with van der Waals surface area (Å²) >= 11 is 0. The summed E-state index contributed by atoms with van der Waals surface area (Å²) in [5.41, 5.74) is 0.740. The first-order chi connectivity index (χ1) is 12.0. The third kappa shape index (κ3) is 2.42. The number of hydrogen-bond acceptors (Lipinski definition) is 4. The van der Waals surface area contributed by atoms with E-state index in [0.29, 0.717) is 29.1 Å². The Morgan fingerprint density at radius 3 is 2.36 bits per heavy atom. The van der Waals surface area contributed by atoms with E-state index in [1.165, 1.54) is 25.3 Å². The zero-order chi connectivity index (χ0) is 17.2. The van der Waals surface area contributed by atoms with Crippen molar-refractivity contribution in [1.29, 1.82) is 0 Å². The average molecular weight is 338 g/mol. The Hall–Kier alpha value is -2.10. The Labute approximate surface area is 146 Å². The Morgan fingerprint density at radius 1 is 1.08 bits per heavy atom. The van der Waals surface area contributed by atoms with Gasteiger partial charge >= 0.3 is 11.6 Å². The molecular formula is C21H22O4. The maximum Gasteiger partial charge on any atom is 0.336 e. The molecule has 4 nitrogen and oxygen atoms in total. The lowest BCUT2D eigenvalue weighted by atomic mass is 9.49. The lowest BCUT2D eigenvalue weighted by molar-refractivity contribution is -0.161. The predicted octanol–water partition coefficient (Wildman–Crippen LogP) is 4.22. The molecule has 4 saturated carbocycles.